The number of piperidine rings is 1. The zero-order valence-corrected chi connectivity index (χ0v) is 11.4. The molecule has 0 spiro atoms. The maximum absolute atomic E-state index is 12.0. The minimum atomic E-state index is 0.126. The van der Waals surface area contributed by atoms with Crippen molar-refractivity contribution in [3.63, 3.8) is 0 Å². The van der Waals surface area contributed by atoms with Crippen LogP contribution in [0.3, 0.4) is 0 Å². The minimum absolute atomic E-state index is 0.126. The molecule has 5 heteroatoms. The highest BCUT2D eigenvalue weighted by Gasteiger charge is 2.16. The first kappa shape index (κ1) is 12.8. The molecule has 1 fully saturated rings. The minimum Gasteiger partial charge on any atom is -0.345 e. The molecule has 0 unspecified atom stereocenters. The topological polar surface area (TPSA) is 58.1 Å². The van der Waals surface area contributed by atoms with Gasteiger partial charge in [0, 0.05) is 24.7 Å². The molecule has 1 aromatic heterocycles. The van der Waals surface area contributed by atoms with Crippen LogP contribution in [0.5, 0.6) is 0 Å². The van der Waals surface area contributed by atoms with Crippen LogP contribution in [-0.4, -0.2) is 40.4 Å². The van der Waals surface area contributed by atoms with E-state index in [4.69, 9.17) is 0 Å². The Morgan fingerprint density at radius 1 is 1.20 bits per heavy atom. The average Bonchev–Trinajstić information content (AvgIpc) is 2.53. The van der Waals surface area contributed by atoms with Gasteiger partial charge in [-0.05, 0) is 25.3 Å². The molecule has 1 amide bonds. The summed E-state index contributed by atoms with van der Waals surface area (Å²) in [5, 5.41) is 4.02. The van der Waals surface area contributed by atoms with E-state index >= 15 is 0 Å². The van der Waals surface area contributed by atoms with E-state index in [1.165, 1.54) is 6.42 Å². The second kappa shape index (κ2) is 5.86. The van der Waals surface area contributed by atoms with E-state index in [0.29, 0.717) is 5.95 Å². The van der Waals surface area contributed by atoms with Crippen molar-refractivity contribution in [1.29, 1.82) is 0 Å². The predicted molar refractivity (Wildman–Crippen MR) is 78.5 cm³/mol. The third-order valence-electron chi connectivity index (χ3n) is 3.60. The highest BCUT2D eigenvalue weighted by Crippen LogP contribution is 2.12. The Morgan fingerprint density at radius 2 is 2.00 bits per heavy atom. The fourth-order valence-corrected chi connectivity index (χ4v) is 2.47. The number of nitrogens with zero attached hydrogens (tertiary/aromatic N) is 3. The molecule has 0 atom stereocenters. The second-order valence-electron chi connectivity index (χ2n) is 5.05. The van der Waals surface area contributed by atoms with Gasteiger partial charge < -0.3 is 10.2 Å². The Balaban J connectivity index is 1.62. The van der Waals surface area contributed by atoms with Gasteiger partial charge in [-0.1, -0.05) is 18.2 Å². The van der Waals surface area contributed by atoms with Crippen molar-refractivity contribution in [1.82, 2.24) is 14.9 Å². The summed E-state index contributed by atoms with van der Waals surface area (Å²) in [4.78, 5) is 22.6. The van der Waals surface area contributed by atoms with E-state index in [1.807, 2.05) is 29.2 Å². The maximum atomic E-state index is 12.0. The van der Waals surface area contributed by atoms with Crippen molar-refractivity contribution in [2.45, 2.75) is 19.3 Å². The lowest BCUT2D eigenvalue weighted by atomic mass is 10.1. The summed E-state index contributed by atoms with van der Waals surface area (Å²) in [7, 11) is 0. The summed E-state index contributed by atoms with van der Waals surface area (Å²) in [5.41, 5.74) is 0.885. The van der Waals surface area contributed by atoms with Crippen molar-refractivity contribution >= 4 is 22.8 Å². The number of rotatable bonds is 3. The molecule has 1 N–H and O–H groups in total. The van der Waals surface area contributed by atoms with E-state index in [2.05, 4.69) is 15.3 Å². The molecule has 1 aliphatic heterocycles. The molecule has 20 heavy (non-hydrogen) atoms. The molecule has 104 valence electrons. The summed E-state index contributed by atoms with van der Waals surface area (Å²) in [5.74, 6) is 0.635. The predicted octanol–water partition coefficient (Wildman–Crippen LogP) is 2.05. The lowest BCUT2D eigenvalue weighted by Crippen LogP contribution is -2.39. The van der Waals surface area contributed by atoms with Crippen molar-refractivity contribution in [3.05, 3.63) is 30.5 Å². The summed E-state index contributed by atoms with van der Waals surface area (Å²) in [6.07, 6.45) is 5.22. The first-order valence-corrected chi connectivity index (χ1v) is 7.06. The maximum Gasteiger partial charge on any atom is 0.241 e. The van der Waals surface area contributed by atoms with Crippen molar-refractivity contribution in [2.24, 2.45) is 0 Å². The van der Waals surface area contributed by atoms with Gasteiger partial charge in [0.25, 0.3) is 0 Å². The number of aromatic nitrogens is 2. The number of amides is 1. The van der Waals surface area contributed by atoms with Gasteiger partial charge in [-0.25, -0.2) is 9.97 Å². The number of hydrogen-bond donors (Lipinski definition) is 1. The van der Waals surface area contributed by atoms with Crippen LogP contribution in [0.15, 0.2) is 30.5 Å². The van der Waals surface area contributed by atoms with Crippen LogP contribution in [-0.2, 0) is 4.79 Å². The first-order chi connectivity index (χ1) is 9.83. The molecule has 0 aliphatic carbocycles. The summed E-state index contributed by atoms with van der Waals surface area (Å²) in [6, 6.07) is 7.81. The number of hydrogen-bond acceptors (Lipinski definition) is 4. The number of nitrogens with one attached hydrogen (secondary N) is 1. The Morgan fingerprint density at radius 3 is 2.85 bits per heavy atom. The largest absolute Gasteiger partial charge is 0.345 e. The molecule has 1 aliphatic rings. The van der Waals surface area contributed by atoms with Crippen LogP contribution >= 0.6 is 0 Å². The van der Waals surface area contributed by atoms with E-state index < -0.39 is 0 Å². The first-order valence-electron chi connectivity index (χ1n) is 7.06. The summed E-state index contributed by atoms with van der Waals surface area (Å²) in [6.45, 7) is 2.01. The van der Waals surface area contributed by atoms with Crippen LogP contribution in [0.25, 0.3) is 10.9 Å². The standard InChI is InChI=1S/C15H18N4O/c20-14(19-8-4-1-5-9-19)11-17-15-16-10-12-6-2-3-7-13(12)18-15/h2-3,6-7,10H,1,4-5,8-9,11H2,(H,16,17,18). The SMILES string of the molecule is O=C(CNc1ncc2ccccc2n1)N1CCCCC1. The third-order valence-corrected chi connectivity index (χ3v) is 3.60. The molecule has 0 radical (unpaired) electrons. The van der Waals surface area contributed by atoms with Gasteiger partial charge in [-0.2, -0.15) is 0 Å². The molecule has 3 rings (SSSR count). The van der Waals surface area contributed by atoms with Crippen LogP contribution < -0.4 is 5.32 Å². The molecular formula is C15H18N4O. The molecule has 1 aromatic carbocycles. The van der Waals surface area contributed by atoms with E-state index in [1.54, 1.807) is 6.20 Å². The number of benzene rings is 1. The zero-order chi connectivity index (χ0) is 13.8. The van der Waals surface area contributed by atoms with Gasteiger partial charge >= 0.3 is 0 Å². The van der Waals surface area contributed by atoms with Gasteiger partial charge in [0.15, 0.2) is 0 Å². The molecule has 2 heterocycles. The normalized spacial score (nSPS) is 15.3. The molecule has 0 saturated carbocycles. The monoisotopic (exact) mass is 270 g/mol. The van der Waals surface area contributed by atoms with E-state index in [9.17, 15) is 4.79 Å². The summed E-state index contributed by atoms with van der Waals surface area (Å²) >= 11 is 0. The van der Waals surface area contributed by atoms with E-state index in [0.717, 1.165) is 36.8 Å². The van der Waals surface area contributed by atoms with Crippen molar-refractivity contribution in [2.75, 3.05) is 25.0 Å². The average molecular weight is 270 g/mol. The number of likely N-dealkylation sites (tertiary alicyclic amines) is 1. The van der Waals surface area contributed by atoms with Gasteiger partial charge in [-0.3, -0.25) is 4.79 Å². The Hall–Kier alpha value is -2.17. The van der Waals surface area contributed by atoms with Crippen LogP contribution in [0.2, 0.25) is 0 Å². The Labute approximate surface area is 118 Å². The zero-order valence-electron chi connectivity index (χ0n) is 11.4. The molecule has 0 bridgehead atoms. The third kappa shape index (κ3) is 2.87. The quantitative estimate of drug-likeness (QED) is 0.927. The highest BCUT2D eigenvalue weighted by molar-refractivity contribution is 5.81. The number of fused-ring (bicyclic) bond motifs is 1. The Bertz CT molecular complexity index is 608. The van der Waals surface area contributed by atoms with Crippen LogP contribution in [0.4, 0.5) is 5.95 Å². The smallest absolute Gasteiger partial charge is 0.241 e. The molecular weight excluding hydrogens is 252 g/mol. The van der Waals surface area contributed by atoms with Crippen LogP contribution in [0, 0.1) is 0 Å². The highest BCUT2D eigenvalue weighted by atomic mass is 16.2. The van der Waals surface area contributed by atoms with Crippen LogP contribution in [0.1, 0.15) is 19.3 Å². The molecule has 2 aromatic rings. The second-order valence-corrected chi connectivity index (χ2v) is 5.05. The number of carbonyl (C=O) groups is 1. The molecule has 1 saturated heterocycles. The van der Waals surface area contributed by atoms with Gasteiger partial charge in [0.2, 0.25) is 11.9 Å². The number of anilines is 1. The fraction of sp³-hybridized carbons (Fsp3) is 0.400. The van der Waals surface area contributed by atoms with Gasteiger partial charge in [0.1, 0.15) is 0 Å². The fourth-order valence-electron chi connectivity index (χ4n) is 2.47. The van der Waals surface area contributed by atoms with Gasteiger partial charge in [0.05, 0.1) is 12.1 Å². The van der Waals surface area contributed by atoms with Crippen molar-refractivity contribution in [3.8, 4) is 0 Å². The lowest BCUT2D eigenvalue weighted by molar-refractivity contribution is -0.130. The van der Waals surface area contributed by atoms with Gasteiger partial charge in [-0.15, -0.1) is 0 Å². The number of para-hydroxylation sites is 1. The van der Waals surface area contributed by atoms with E-state index in [-0.39, 0.29) is 12.5 Å². The molecule has 5 nitrogen and oxygen atoms in total. The Kier molecular flexibility index (Phi) is 3.76. The number of carbonyl (C=O) groups excluding carboxylic acids is 1. The van der Waals surface area contributed by atoms with Crippen molar-refractivity contribution < 1.29 is 4.79 Å². The lowest BCUT2D eigenvalue weighted by Gasteiger charge is -2.26. The summed E-state index contributed by atoms with van der Waals surface area (Å²) < 4.78 is 0.